The van der Waals surface area contributed by atoms with E-state index in [1.54, 1.807) is 0 Å². The zero-order chi connectivity index (χ0) is 50.2. The van der Waals surface area contributed by atoms with Crippen LogP contribution in [0.15, 0.2) is 297 Å². The summed E-state index contributed by atoms with van der Waals surface area (Å²) in [5.41, 5.74) is 25.1. The van der Waals surface area contributed by atoms with Crippen molar-refractivity contribution in [2.24, 2.45) is 0 Å². The summed E-state index contributed by atoms with van der Waals surface area (Å²) in [6, 6.07) is 110. The van der Waals surface area contributed by atoms with Crippen LogP contribution in [-0.4, -0.2) is 0 Å². The molecule has 0 unspecified atom stereocenters. The van der Waals surface area contributed by atoms with Crippen molar-refractivity contribution in [1.82, 2.24) is 0 Å². The maximum Gasteiger partial charge on any atom is 0.0714 e. The van der Waals surface area contributed by atoms with E-state index in [1.165, 1.54) is 122 Å². The van der Waals surface area contributed by atoms with Gasteiger partial charge in [-0.3, -0.25) is 0 Å². The lowest BCUT2D eigenvalue weighted by Crippen LogP contribution is -2.29. The summed E-state index contributed by atoms with van der Waals surface area (Å²) in [6.45, 7) is 0. The van der Waals surface area contributed by atoms with Gasteiger partial charge in [0.1, 0.15) is 0 Å². The van der Waals surface area contributed by atoms with Crippen LogP contribution < -0.4 is 4.90 Å². The van der Waals surface area contributed by atoms with Gasteiger partial charge >= 0.3 is 0 Å². The lowest BCUT2D eigenvalue weighted by Gasteiger charge is -2.35. The van der Waals surface area contributed by atoms with E-state index < -0.39 is 5.41 Å². The number of fused-ring (bicyclic) bond motifs is 8. The molecule has 0 aromatic heterocycles. The molecule has 0 saturated heterocycles. The van der Waals surface area contributed by atoms with E-state index in [2.05, 4.69) is 302 Å². The molecule has 0 fully saturated rings. The normalized spacial score (nSPS) is 12.6. The third kappa shape index (κ3) is 6.66. The molecule has 1 nitrogen and oxygen atoms in total. The molecule has 76 heavy (non-hydrogen) atoms. The number of rotatable bonds is 9. The zero-order valence-corrected chi connectivity index (χ0v) is 41.7. The molecule has 0 aliphatic heterocycles. The van der Waals surface area contributed by atoms with Crippen LogP contribution in [0.4, 0.5) is 17.1 Å². The Morgan fingerprint density at radius 3 is 1.17 bits per heavy atom. The molecular weight excluding hydrogens is 915 g/mol. The summed E-state index contributed by atoms with van der Waals surface area (Å²) in [6.07, 6.45) is 0. The Kier molecular flexibility index (Phi) is 10.2. The van der Waals surface area contributed by atoms with Gasteiger partial charge in [0.2, 0.25) is 0 Å². The average Bonchev–Trinajstić information content (AvgIpc) is 4.11. The third-order valence-electron chi connectivity index (χ3n) is 16.2. The van der Waals surface area contributed by atoms with E-state index in [9.17, 15) is 0 Å². The van der Waals surface area contributed by atoms with Gasteiger partial charge in [-0.1, -0.05) is 243 Å². The fourth-order valence-electron chi connectivity index (χ4n) is 13.1. The van der Waals surface area contributed by atoms with Gasteiger partial charge in [-0.05, 0) is 176 Å². The van der Waals surface area contributed by atoms with Crippen LogP contribution in [0, 0.1) is 0 Å². The van der Waals surface area contributed by atoms with Crippen molar-refractivity contribution >= 4 is 38.6 Å². The first-order valence-electron chi connectivity index (χ1n) is 26.4. The lowest BCUT2D eigenvalue weighted by molar-refractivity contribution is 0.769. The van der Waals surface area contributed by atoms with Gasteiger partial charge in [-0.25, -0.2) is 0 Å². The highest BCUT2D eigenvalue weighted by molar-refractivity contribution is 6.30. The Labute approximate surface area is 443 Å². The summed E-state index contributed by atoms with van der Waals surface area (Å²) < 4.78 is 0. The highest BCUT2D eigenvalue weighted by Crippen LogP contribution is 2.65. The minimum Gasteiger partial charge on any atom is -0.310 e. The largest absolute Gasteiger partial charge is 0.310 e. The molecule has 13 aromatic rings. The molecule has 0 amide bonds. The molecule has 0 radical (unpaired) electrons. The molecule has 0 bridgehead atoms. The van der Waals surface area contributed by atoms with Crippen molar-refractivity contribution in [3.05, 3.63) is 320 Å². The topological polar surface area (TPSA) is 3.24 Å². The molecule has 0 saturated carbocycles. The molecule has 2 aliphatic carbocycles. The summed E-state index contributed by atoms with van der Waals surface area (Å²) in [4.78, 5) is 2.40. The minimum atomic E-state index is -0.692. The molecule has 0 atom stereocenters. The van der Waals surface area contributed by atoms with Gasteiger partial charge in [0.25, 0.3) is 0 Å². The minimum absolute atomic E-state index is 0.692. The molecule has 1 heteroatoms. The predicted octanol–water partition coefficient (Wildman–Crippen LogP) is 20.1. The van der Waals surface area contributed by atoms with E-state index in [0.29, 0.717) is 0 Å². The Morgan fingerprint density at radius 1 is 0.224 bits per heavy atom. The number of hydrogen-bond donors (Lipinski definition) is 0. The molecule has 0 spiro atoms. The Morgan fingerprint density at radius 2 is 0.645 bits per heavy atom. The summed E-state index contributed by atoms with van der Waals surface area (Å²) in [5.74, 6) is 0. The number of para-hydroxylation sites is 2. The quantitative estimate of drug-likeness (QED) is 0.139. The van der Waals surface area contributed by atoms with Gasteiger partial charge in [0.05, 0.1) is 5.41 Å². The predicted molar refractivity (Wildman–Crippen MR) is 320 cm³/mol. The van der Waals surface area contributed by atoms with Crippen molar-refractivity contribution in [2.75, 3.05) is 4.90 Å². The second kappa shape index (κ2) is 17.7. The smallest absolute Gasteiger partial charge is 0.0714 e. The van der Waals surface area contributed by atoms with Gasteiger partial charge in [0.15, 0.2) is 0 Å². The average molecular weight is 964 g/mol. The number of anilines is 3. The van der Waals surface area contributed by atoms with E-state index in [4.69, 9.17) is 0 Å². The summed E-state index contributed by atoms with van der Waals surface area (Å²) in [7, 11) is 0. The second-order valence-corrected chi connectivity index (χ2v) is 20.2. The molecule has 0 N–H and O–H groups in total. The molecular formula is C75H49N. The number of nitrogens with zero attached hydrogens (tertiary/aromatic N) is 1. The Balaban J connectivity index is 1.08. The van der Waals surface area contributed by atoms with Gasteiger partial charge in [0, 0.05) is 17.1 Å². The van der Waals surface area contributed by atoms with Gasteiger partial charge in [-0.2, -0.15) is 0 Å². The standard InChI is InChI=1S/C75H49N/c1-7-24-50(25-8-1)52-28-21-30-54(46-52)69-61-40-19-20-41-62(61)70(55-31-22-29-53(47-55)51-26-9-2-10-27-51)74-66-49-68-72(64-42-23-43-65(71(64)66)73(69)74)63-45-44-60(76(58-36-15-5-16-37-58)59-38-17-6-18-39-59)48-67(63)75(68,56-32-11-3-12-33-56)57-34-13-4-14-35-57/h1-49H. The fourth-order valence-corrected chi connectivity index (χ4v) is 13.1. The van der Waals surface area contributed by atoms with Crippen molar-refractivity contribution in [2.45, 2.75) is 5.41 Å². The first-order chi connectivity index (χ1) is 37.7. The van der Waals surface area contributed by atoms with Crippen LogP contribution in [-0.2, 0) is 5.41 Å². The van der Waals surface area contributed by atoms with Crippen molar-refractivity contribution < 1.29 is 0 Å². The number of hydrogen-bond acceptors (Lipinski definition) is 1. The Hall–Kier alpha value is -9.82. The molecule has 0 heterocycles. The Bertz CT molecular complexity index is 4280. The van der Waals surface area contributed by atoms with Crippen LogP contribution in [0.25, 0.3) is 99.4 Å². The third-order valence-corrected chi connectivity index (χ3v) is 16.2. The number of benzene rings is 13. The van der Waals surface area contributed by atoms with Crippen LogP contribution in [0.2, 0.25) is 0 Å². The highest BCUT2D eigenvalue weighted by Gasteiger charge is 2.48. The zero-order valence-electron chi connectivity index (χ0n) is 41.7. The summed E-state index contributed by atoms with van der Waals surface area (Å²) >= 11 is 0. The monoisotopic (exact) mass is 963 g/mol. The van der Waals surface area contributed by atoms with Crippen LogP contribution in [0.1, 0.15) is 22.3 Å². The van der Waals surface area contributed by atoms with E-state index in [-0.39, 0.29) is 0 Å². The van der Waals surface area contributed by atoms with Gasteiger partial charge < -0.3 is 4.90 Å². The molecule has 13 aromatic carbocycles. The first-order valence-corrected chi connectivity index (χ1v) is 26.4. The van der Waals surface area contributed by atoms with Crippen LogP contribution in [0.5, 0.6) is 0 Å². The maximum atomic E-state index is 2.63. The van der Waals surface area contributed by atoms with E-state index in [0.717, 1.165) is 17.1 Å². The second-order valence-electron chi connectivity index (χ2n) is 20.2. The van der Waals surface area contributed by atoms with Crippen LogP contribution >= 0.6 is 0 Å². The first kappa shape index (κ1) is 43.7. The van der Waals surface area contributed by atoms with E-state index >= 15 is 0 Å². The molecule has 2 aliphatic rings. The van der Waals surface area contributed by atoms with Crippen molar-refractivity contribution in [3.8, 4) is 77.9 Å². The van der Waals surface area contributed by atoms with Crippen molar-refractivity contribution in [3.63, 3.8) is 0 Å². The van der Waals surface area contributed by atoms with Crippen LogP contribution in [0.3, 0.4) is 0 Å². The van der Waals surface area contributed by atoms with Crippen molar-refractivity contribution in [1.29, 1.82) is 0 Å². The SMILES string of the molecule is c1ccc(-c2cccc(-c3c4c(c(-c5cccc(-c6ccccc6)c5)c5ccccc35)-c3cc5c(c6cccc-4c36)-c3ccc(N(c4ccccc4)c4ccccc4)cc3C5(c3ccccc3)c3ccccc3)c2)cc1. The lowest BCUT2D eigenvalue weighted by atomic mass is 9.67. The highest BCUT2D eigenvalue weighted by atomic mass is 15.1. The van der Waals surface area contributed by atoms with E-state index in [1.807, 2.05) is 0 Å². The fraction of sp³-hybridized carbons (Fsp3) is 0.0133. The summed E-state index contributed by atoms with van der Waals surface area (Å²) in [5, 5.41) is 5.05. The maximum absolute atomic E-state index is 2.63. The molecule has 15 rings (SSSR count). The molecule has 354 valence electrons. The van der Waals surface area contributed by atoms with Gasteiger partial charge in [-0.15, -0.1) is 0 Å².